The number of nitrogens with zero attached hydrogens (tertiary/aromatic N) is 1. The van der Waals surface area contributed by atoms with Gasteiger partial charge in [0.05, 0.1) is 5.52 Å². The van der Waals surface area contributed by atoms with Crippen molar-refractivity contribution in [3.05, 3.63) is 66.4 Å². The van der Waals surface area contributed by atoms with Crippen LogP contribution in [0, 0.1) is 0 Å². The van der Waals surface area contributed by atoms with Crippen molar-refractivity contribution in [1.82, 2.24) is 4.98 Å². The number of hydrogen-bond donors (Lipinski definition) is 1. The predicted octanol–water partition coefficient (Wildman–Crippen LogP) is 4.05. The third-order valence-electron chi connectivity index (χ3n) is 3.22. The lowest BCUT2D eigenvalue weighted by Crippen LogP contribution is -2.04. The van der Waals surface area contributed by atoms with Gasteiger partial charge in [-0.1, -0.05) is 18.2 Å². The van der Waals surface area contributed by atoms with Gasteiger partial charge in [0.15, 0.2) is 0 Å². The van der Waals surface area contributed by atoms with E-state index in [0.29, 0.717) is 0 Å². The van der Waals surface area contributed by atoms with Gasteiger partial charge in [0, 0.05) is 23.7 Å². The normalized spacial score (nSPS) is 12.3. The fourth-order valence-corrected chi connectivity index (χ4v) is 2.09. The van der Waals surface area contributed by atoms with Gasteiger partial charge in [-0.15, -0.1) is 0 Å². The fourth-order valence-electron chi connectivity index (χ4n) is 2.09. The summed E-state index contributed by atoms with van der Waals surface area (Å²) in [6, 6.07) is 17.7. The molecule has 100 valence electrons. The van der Waals surface area contributed by atoms with Crippen LogP contribution in [-0.2, 0) is 0 Å². The lowest BCUT2D eigenvalue weighted by Gasteiger charge is -2.09. The van der Waals surface area contributed by atoms with Crippen molar-refractivity contribution < 1.29 is 4.74 Å². The fraction of sp³-hybridized carbons (Fsp3) is 0.118. The second-order valence-corrected chi connectivity index (χ2v) is 4.82. The Bertz CT molecular complexity index is 720. The number of benzene rings is 2. The molecular formula is C17H16N2O. The second-order valence-electron chi connectivity index (χ2n) is 4.82. The van der Waals surface area contributed by atoms with Gasteiger partial charge in [-0.25, -0.2) is 0 Å². The summed E-state index contributed by atoms with van der Waals surface area (Å²) < 4.78 is 5.84. The molecule has 1 atom stereocenters. The van der Waals surface area contributed by atoms with Crippen molar-refractivity contribution in [1.29, 1.82) is 0 Å². The molecule has 3 nitrogen and oxygen atoms in total. The van der Waals surface area contributed by atoms with Crippen LogP contribution >= 0.6 is 0 Å². The highest BCUT2D eigenvalue weighted by Crippen LogP contribution is 2.25. The van der Waals surface area contributed by atoms with E-state index in [0.717, 1.165) is 28.0 Å². The molecule has 3 heteroatoms. The van der Waals surface area contributed by atoms with Crippen molar-refractivity contribution in [2.45, 2.75) is 13.0 Å². The molecular weight excluding hydrogens is 248 g/mol. The Balaban J connectivity index is 1.85. The van der Waals surface area contributed by atoms with E-state index in [2.05, 4.69) is 4.98 Å². The highest BCUT2D eigenvalue weighted by atomic mass is 16.5. The van der Waals surface area contributed by atoms with Gasteiger partial charge in [-0.3, -0.25) is 4.98 Å². The minimum absolute atomic E-state index is 0.0360. The summed E-state index contributed by atoms with van der Waals surface area (Å²) in [6.07, 6.45) is 1.78. The molecule has 1 heterocycles. The Kier molecular flexibility index (Phi) is 3.35. The van der Waals surface area contributed by atoms with Crippen molar-refractivity contribution in [2.75, 3.05) is 0 Å². The van der Waals surface area contributed by atoms with Crippen LogP contribution in [0.2, 0.25) is 0 Å². The maximum absolute atomic E-state index is 5.84. The predicted molar refractivity (Wildman–Crippen MR) is 80.9 cm³/mol. The zero-order chi connectivity index (χ0) is 13.9. The summed E-state index contributed by atoms with van der Waals surface area (Å²) in [6.45, 7) is 1.96. The minimum Gasteiger partial charge on any atom is -0.457 e. The quantitative estimate of drug-likeness (QED) is 0.776. The van der Waals surface area contributed by atoms with Crippen LogP contribution in [0.1, 0.15) is 18.5 Å². The minimum atomic E-state index is 0.0360. The summed E-state index contributed by atoms with van der Waals surface area (Å²) in [4.78, 5) is 4.32. The molecule has 1 aromatic heterocycles. The summed E-state index contributed by atoms with van der Waals surface area (Å²) in [5, 5.41) is 1.10. The standard InChI is InChI=1S/C17H16N2O/c1-12(18)13-4-7-15(8-5-13)20-16-9-6-14-3-2-10-19-17(14)11-16/h2-12H,18H2,1H3/t12-/m0/s1. The summed E-state index contributed by atoms with van der Waals surface area (Å²) in [7, 11) is 0. The van der Waals surface area contributed by atoms with E-state index in [-0.39, 0.29) is 6.04 Å². The first-order valence-corrected chi connectivity index (χ1v) is 6.60. The zero-order valence-electron chi connectivity index (χ0n) is 11.3. The van der Waals surface area contributed by atoms with Gasteiger partial charge in [-0.05, 0) is 42.8 Å². The lowest BCUT2D eigenvalue weighted by molar-refractivity contribution is 0.483. The Labute approximate surface area is 118 Å². The Morgan fingerprint density at radius 2 is 1.75 bits per heavy atom. The van der Waals surface area contributed by atoms with Gasteiger partial charge in [0.2, 0.25) is 0 Å². The first kappa shape index (κ1) is 12.6. The van der Waals surface area contributed by atoms with Gasteiger partial charge < -0.3 is 10.5 Å². The molecule has 2 aromatic carbocycles. The van der Waals surface area contributed by atoms with E-state index < -0.39 is 0 Å². The van der Waals surface area contributed by atoms with Crippen LogP contribution in [0.15, 0.2) is 60.8 Å². The third kappa shape index (κ3) is 2.63. The summed E-state index contributed by atoms with van der Waals surface area (Å²) in [5.74, 6) is 1.58. The van der Waals surface area contributed by atoms with E-state index in [1.54, 1.807) is 6.20 Å². The number of fused-ring (bicyclic) bond motifs is 1. The van der Waals surface area contributed by atoms with Crippen LogP contribution in [0.4, 0.5) is 0 Å². The molecule has 0 aliphatic rings. The van der Waals surface area contributed by atoms with E-state index in [1.807, 2.05) is 61.5 Å². The number of aromatic nitrogens is 1. The lowest BCUT2D eigenvalue weighted by atomic mass is 10.1. The molecule has 3 rings (SSSR count). The van der Waals surface area contributed by atoms with Gasteiger partial charge in [-0.2, -0.15) is 0 Å². The average Bonchev–Trinajstić information content (AvgIpc) is 2.48. The number of rotatable bonds is 3. The molecule has 0 fully saturated rings. The molecule has 0 unspecified atom stereocenters. The van der Waals surface area contributed by atoms with Crippen LogP contribution in [0.3, 0.4) is 0 Å². The Morgan fingerprint density at radius 3 is 2.50 bits per heavy atom. The maximum Gasteiger partial charge on any atom is 0.129 e. The molecule has 0 saturated heterocycles. The van der Waals surface area contributed by atoms with Crippen molar-refractivity contribution >= 4 is 10.9 Å². The second kappa shape index (κ2) is 5.31. The van der Waals surface area contributed by atoms with Crippen LogP contribution in [0.25, 0.3) is 10.9 Å². The van der Waals surface area contributed by atoms with Crippen molar-refractivity contribution in [2.24, 2.45) is 5.73 Å². The number of nitrogens with two attached hydrogens (primary N) is 1. The SMILES string of the molecule is C[C@H](N)c1ccc(Oc2ccc3cccnc3c2)cc1. The van der Waals surface area contributed by atoms with Crippen molar-refractivity contribution in [3.63, 3.8) is 0 Å². The molecule has 0 aliphatic heterocycles. The molecule has 0 radical (unpaired) electrons. The average molecular weight is 264 g/mol. The Morgan fingerprint density at radius 1 is 1.00 bits per heavy atom. The number of hydrogen-bond acceptors (Lipinski definition) is 3. The number of pyridine rings is 1. The van der Waals surface area contributed by atoms with Gasteiger partial charge in [0.25, 0.3) is 0 Å². The van der Waals surface area contributed by atoms with Gasteiger partial charge >= 0.3 is 0 Å². The smallest absolute Gasteiger partial charge is 0.129 e. The topological polar surface area (TPSA) is 48.1 Å². The largest absolute Gasteiger partial charge is 0.457 e. The van der Waals surface area contributed by atoms with E-state index >= 15 is 0 Å². The molecule has 0 spiro atoms. The van der Waals surface area contributed by atoms with E-state index in [4.69, 9.17) is 10.5 Å². The molecule has 2 N–H and O–H groups in total. The highest BCUT2D eigenvalue weighted by Gasteiger charge is 2.02. The first-order valence-electron chi connectivity index (χ1n) is 6.60. The van der Waals surface area contributed by atoms with E-state index in [9.17, 15) is 0 Å². The molecule has 0 aliphatic carbocycles. The molecule has 20 heavy (non-hydrogen) atoms. The monoisotopic (exact) mass is 264 g/mol. The van der Waals surface area contributed by atoms with Crippen LogP contribution in [0.5, 0.6) is 11.5 Å². The molecule has 0 amide bonds. The van der Waals surface area contributed by atoms with E-state index in [1.165, 1.54) is 0 Å². The third-order valence-corrected chi connectivity index (χ3v) is 3.22. The van der Waals surface area contributed by atoms with Crippen molar-refractivity contribution in [3.8, 4) is 11.5 Å². The van der Waals surface area contributed by atoms with Gasteiger partial charge in [0.1, 0.15) is 11.5 Å². The summed E-state index contributed by atoms with van der Waals surface area (Å²) in [5.41, 5.74) is 7.85. The Hall–Kier alpha value is -2.39. The summed E-state index contributed by atoms with van der Waals surface area (Å²) >= 11 is 0. The first-order chi connectivity index (χ1) is 9.72. The maximum atomic E-state index is 5.84. The highest BCUT2D eigenvalue weighted by molar-refractivity contribution is 5.79. The molecule has 3 aromatic rings. The number of ether oxygens (including phenoxy) is 1. The zero-order valence-corrected chi connectivity index (χ0v) is 11.3. The van der Waals surface area contributed by atoms with Crippen LogP contribution < -0.4 is 10.5 Å². The van der Waals surface area contributed by atoms with Crippen LogP contribution in [-0.4, -0.2) is 4.98 Å². The molecule has 0 bridgehead atoms. The molecule has 0 saturated carbocycles.